The van der Waals surface area contributed by atoms with E-state index in [4.69, 9.17) is 38.9 Å². The van der Waals surface area contributed by atoms with Crippen LogP contribution in [0.2, 0.25) is 0 Å². The monoisotopic (exact) mass is 1300 g/mol. The summed E-state index contributed by atoms with van der Waals surface area (Å²) < 4.78 is 24.1. The molecule has 6 fully saturated rings. The topological polar surface area (TPSA) is 176 Å². The van der Waals surface area contributed by atoms with Crippen molar-refractivity contribution in [2.45, 2.75) is 121 Å². The molecular weight excluding hydrogens is 1210 g/mol. The Labute approximate surface area is 558 Å². The van der Waals surface area contributed by atoms with Crippen molar-refractivity contribution in [3.8, 4) is 24.2 Å². The standard InChI is InChI=1S/C35H41N7O3.C33H40N6O2.4H2S/c1-3-33(43)42-15-14-41(20-26(42)9-11-36)34-30-10-13-40(32-18-24(2)17-25-7-4-5-8-29(25)32)22-31(30)37-35(38-34)44-16-6-12-39-21-28-19-27(39)23-45-28;1-23-16-25-7-2-3-8-28(25)31(17-23)38-14-10-29-30(21-38)35-33(36-32(29)39-12-4-6-24(19-39)9-11-34)40-15-5-13-37-20-27-18-26(37)22-41-27;;;;/h3-5,7-8,17-18,26-28H,1,6,9-10,12-16,19-23H2,2H3;2-3,7-8,16-17,24,26-27H,4-6,9-10,12-15,18-22H2,1H3;4*1H2/t26?,27-,28-;24?,26-,27-;;;;/m00..../s1. The molecule has 0 spiro atoms. The number of aromatic nitrogens is 4. The van der Waals surface area contributed by atoms with Crippen LogP contribution in [0.5, 0.6) is 12.0 Å². The van der Waals surface area contributed by atoms with Gasteiger partial charge in [-0.05, 0) is 111 Å². The largest absolute Gasteiger partial charge is 0.463 e. The fourth-order valence-electron chi connectivity index (χ4n) is 14.9. The highest BCUT2D eigenvalue weighted by molar-refractivity contribution is 7.59. The highest BCUT2D eigenvalue weighted by atomic mass is 32.1. The maximum Gasteiger partial charge on any atom is 0.318 e. The van der Waals surface area contributed by atoms with E-state index in [1.807, 2.05) is 0 Å². The third kappa shape index (κ3) is 15.0. The molecule has 4 bridgehead atoms. The summed E-state index contributed by atoms with van der Waals surface area (Å²) in [7, 11) is 0. The number of rotatable bonds is 17. The molecule has 480 valence electrons. The average molecular weight is 1300 g/mol. The molecule has 0 radical (unpaired) electrons. The molecule has 1 amide bonds. The number of aryl methyl sites for hydroxylation is 2. The molecule has 2 unspecified atom stereocenters. The minimum atomic E-state index is -0.234. The maximum atomic E-state index is 12.6. The van der Waals surface area contributed by atoms with E-state index >= 15 is 0 Å². The Bertz CT molecular complexity index is 3570. The normalized spacial score (nSPS) is 22.4. The van der Waals surface area contributed by atoms with Crippen molar-refractivity contribution < 1.29 is 23.7 Å². The van der Waals surface area contributed by atoms with Gasteiger partial charge in [0, 0.05) is 124 Å². The molecule has 90 heavy (non-hydrogen) atoms. The molecule has 18 nitrogen and oxygen atoms in total. The Morgan fingerprint density at radius 3 is 1.62 bits per heavy atom. The third-order valence-corrected chi connectivity index (χ3v) is 19.1. The van der Waals surface area contributed by atoms with Crippen molar-refractivity contribution in [2.75, 3.05) is 118 Å². The molecule has 0 saturated carbocycles. The van der Waals surface area contributed by atoms with Gasteiger partial charge in [-0.25, -0.2) is 0 Å². The van der Waals surface area contributed by atoms with Crippen molar-refractivity contribution in [2.24, 2.45) is 5.92 Å². The zero-order chi connectivity index (χ0) is 58.7. The van der Waals surface area contributed by atoms with Crippen LogP contribution in [-0.2, 0) is 40.2 Å². The number of anilines is 4. The molecule has 8 aliphatic heterocycles. The molecule has 6 atom stereocenters. The van der Waals surface area contributed by atoms with Crippen molar-refractivity contribution in [3.63, 3.8) is 0 Å². The maximum absolute atomic E-state index is 12.6. The molecule has 8 aliphatic rings. The predicted molar refractivity (Wildman–Crippen MR) is 375 cm³/mol. The minimum absolute atomic E-state index is 0. The number of piperidine rings is 1. The van der Waals surface area contributed by atoms with Crippen molar-refractivity contribution >= 4 is 104 Å². The van der Waals surface area contributed by atoms with Gasteiger partial charge >= 0.3 is 12.0 Å². The Balaban J connectivity index is 0.000000205. The molecule has 6 saturated heterocycles. The summed E-state index contributed by atoms with van der Waals surface area (Å²) in [6, 6.07) is 32.7. The number of fused-ring (bicyclic) bond motifs is 8. The van der Waals surface area contributed by atoms with Gasteiger partial charge in [0.1, 0.15) is 11.6 Å². The van der Waals surface area contributed by atoms with Gasteiger partial charge in [-0.2, -0.15) is 84.4 Å². The zero-order valence-corrected chi connectivity index (χ0v) is 56.1. The number of carbonyl (C=O) groups is 1. The van der Waals surface area contributed by atoms with E-state index in [-0.39, 0.29) is 72.4 Å². The number of hydrogen-bond donors (Lipinski definition) is 0. The molecule has 4 aromatic carbocycles. The minimum Gasteiger partial charge on any atom is -0.463 e. The van der Waals surface area contributed by atoms with Crippen LogP contribution in [0, 0.1) is 42.4 Å². The van der Waals surface area contributed by atoms with Crippen LogP contribution in [0.4, 0.5) is 23.0 Å². The zero-order valence-electron chi connectivity index (χ0n) is 52.1. The number of amides is 1. The first-order valence-electron chi connectivity index (χ1n) is 31.6. The number of piperazine rings is 1. The number of carbonyl (C=O) groups excluding carboxylic acids is 1. The van der Waals surface area contributed by atoms with E-state index in [1.54, 1.807) is 4.90 Å². The number of benzene rings is 4. The van der Waals surface area contributed by atoms with Crippen LogP contribution < -0.4 is 29.1 Å². The second-order valence-electron chi connectivity index (χ2n) is 25.0. The van der Waals surface area contributed by atoms with Crippen LogP contribution in [0.1, 0.15) is 85.0 Å². The molecule has 10 heterocycles. The Morgan fingerprint density at radius 2 is 1.14 bits per heavy atom. The third-order valence-electron chi connectivity index (χ3n) is 19.1. The van der Waals surface area contributed by atoms with Crippen LogP contribution >= 0.6 is 54.0 Å². The van der Waals surface area contributed by atoms with Crippen molar-refractivity contribution in [3.05, 3.63) is 119 Å². The van der Waals surface area contributed by atoms with E-state index in [2.05, 4.69) is 135 Å². The van der Waals surface area contributed by atoms with Crippen LogP contribution in [0.25, 0.3) is 21.5 Å². The SMILES string of the molecule is C=CC(=O)N1CCN(c2nc(OCCCN3C[C@@H]4C[C@H]3CO4)nc3c2CCN(c2cc(C)cc4ccccc24)C3)CC1CC#N.Cc1cc(N2CCc3c(nc(OCCCN4C[C@@H]5C[C@H]4CO5)nc3N3CCCC(CC#N)C3)C2)c2ccccc2c1.S.S.S.S. The Morgan fingerprint density at radius 1 is 0.633 bits per heavy atom. The fraction of sp³-hybridized carbons (Fsp3) is 0.515. The van der Waals surface area contributed by atoms with Gasteiger partial charge in [0.05, 0.1) is 87.7 Å². The smallest absolute Gasteiger partial charge is 0.318 e. The summed E-state index contributed by atoms with van der Waals surface area (Å²) in [5.74, 6) is 2.14. The molecule has 2 aromatic heterocycles. The van der Waals surface area contributed by atoms with Gasteiger partial charge < -0.3 is 43.4 Å². The van der Waals surface area contributed by atoms with E-state index in [1.165, 1.54) is 62.1 Å². The van der Waals surface area contributed by atoms with Crippen LogP contribution in [0.3, 0.4) is 0 Å². The lowest BCUT2D eigenvalue weighted by molar-refractivity contribution is -0.128. The number of morpholine rings is 2. The number of likely N-dealkylation sites (tertiary alicyclic amines) is 2. The number of hydrogen-bond acceptors (Lipinski definition) is 17. The van der Waals surface area contributed by atoms with Crippen LogP contribution in [-0.4, -0.2) is 169 Å². The first-order valence-corrected chi connectivity index (χ1v) is 31.6. The Kier molecular flexibility index (Phi) is 23.4. The lowest BCUT2D eigenvalue weighted by Crippen LogP contribution is -2.55. The van der Waals surface area contributed by atoms with Crippen LogP contribution in [0.15, 0.2) is 85.5 Å². The highest BCUT2D eigenvalue weighted by Gasteiger charge is 2.40. The predicted octanol–water partition coefficient (Wildman–Crippen LogP) is 9.18. The first-order chi connectivity index (χ1) is 42.1. The van der Waals surface area contributed by atoms with Gasteiger partial charge in [-0.15, -0.1) is 0 Å². The fourth-order valence-corrected chi connectivity index (χ4v) is 14.9. The van der Waals surface area contributed by atoms with Crippen molar-refractivity contribution in [1.29, 1.82) is 10.5 Å². The molecular formula is C68H89N13O5S4. The molecule has 22 heteroatoms. The highest BCUT2D eigenvalue weighted by Crippen LogP contribution is 2.39. The molecule has 14 rings (SSSR count). The second kappa shape index (κ2) is 30.9. The van der Waals surface area contributed by atoms with Gasteiger partial charge in [-0.1, -0.05) is 67.2 Å². The van der Waals surface area contributed by atoms with Gasteiger partial charge in [0.15, 0.2) is 0 Å². The van der Waals surface area contributed by atoms with Gasteiger partial charge in [0.2, 0.25) is 5.91 Å². The number of nitriles is 2. The quantitative estimate of drug-likeness (QED) is 0.0623. The summed E-state index contributed by atoms with van der Waals surface area (Å²) in [6.45, 7) is 21.6. The summed E-state index contributed by atoms with van der Waals surface area (Å²) in [5.41, 5.74) is 9.40. The lowest BCUT2D eigenvalue weighted by atomic mass is 9.94. The summed E-state index contributed by atoms with van der Waals surface area (Å²) >= 11 is 0. The molecule has 6 aromatic rings. The van der Waals surface area contributed by atoms with Gasteiger partial charge in [0.25, 0.3) is 0 Å². The number of ether oxygens (including phenoxy) is 4. The molecule has 0 N–H and O–H groups in total. The first kappa shape index (κ1) is 68.2. The number of nitrogens with zero attached hydrogens (tertiary/aromatic N) is 13. The van der Waals surface area contributed by atoms with E-state index in [9.17, 15) is 15.3 Å². The van der Waals surface area contributed by atoms with Crippen molar-refractivity contribution in [1.82, 2.24) is 34.6 Å². The van der Waals surface area contributed by atoms with E-state index < -0.39 is 0 Å². The lowest BCUT2D eigenvalue weighted by Gasteiger charge is -2.42. The summed E-state index contributed by atoms with van der Waals surface area (Å²) in [4.78, 5) is 49.0. The Hall–Kier alpha value is -6.21. The summed E-state index contributed by atoms with van der Waals surface area (Å²) in [6.07, 6.45) is 11.1. The van der Waals surface area contributed by atoms with E-state index in [0.717, 1.165) is 146 Å². The van der Waals surface area contributed by atoms with Gasteiger partial charge in [-0.3, -0.25) is 14.6 Å². The second-order valence-corrected chi connectivity index (χ2v) is 25.0. The average Bonchev–Trinajstić information content (AvgIpc) is 1.20. The summed E-state index contributed by atoms with van der Waals surface area (Å²) in [5, 5.41) is 23.9. The van der Waals surface area contributed by atoms with E-state index in [0.29, 0.717) is 88.0 Å². The molecule has 0 aliphatic carbocycles.